The lowest BCUT2D eigenvalue weighted by Gasteiger charge is -2.15. The van der Waals surface area contributed by atoms with Crippen LogP contribution < -0.4 is 0 Å². The molecule has 0 saturated heterocycles. The highest BCUT2D eigenvalue weighted by molar-refractivity contribution is 6.17. The van der Waals surface area contributed by atoms with E-state index >= 15 is 17.6 Å². The van der Waals surface area contributed by atoms with Gasteiger partial charge in [-0.3, -0.25) is 4.40 Å². The quantitative estimate of drug-likeness (QED) is 0.164. The first kappa shape index (κ1) is 16.3. The fraction of sp³-hybridized carbons (Fsp3) is 0. The first-order chi connectivity index (χ1) is 14.1. The fourth-order valence-electron chi connectivity index (χ4n) is 4.28. The van der Waals surface area contributed by atoms with Gasteiger partial charge in [0, 0.05) is 33.9 Å². The van der Waals surface area contributed by atoms with Gasteiger partial charge >= 0.3 is 0 Å². The Morgan fingerprint density at radius 2 is 1.14 bits per heavy atom. The number of benzene rings is 4. The highest BCUT2D eigenvalue weighted by Gasteiger charge is 2.26. The summed E-state index contributed by atoms with van der Waals surface area (Å²) >= 11 is 0. The molecule has 140 valence electrons. The van der Waals surface area contributed by atoms with Crippen molar-refractivity contribution in [3.63, 3.8) is 0 Å². The van der Waals surface area contributed by atoms with Crippen LogP contribution in [0.2, 0.25) is 0 Å². The van der Waals surface area contributed by atoms with Crippen molar-refractivity contribution in [3.05, 3.63) is 84.2 Å². The van der Waals surface area contributed by atoms with E-state index in [2.05, 4.69) is 4.98 Å². The fourth-order valence-corrected chi connectivity index (χ4v) is 4.28. The van der Waals surface area contributed by atoms with Crippen molar-refractivity contribution in [1.82, 2.24) is 9.38 Å². The van der Waals surface area contributed by atoms with Crippen LogP contribution in [0.3, 0.4) is 0 Å². The van der Waals surface area contributed by atoms with Gasteiger partial charge < -0.3 is 0 Å². The Morgan fingerprint density at radius 1 is 0.586 bits per heavy atom. The molecule has 2 heterocycles. The molecule has 0 saturated carbocycles. The average molecular weight is 390 g/mol. The smallest absolute Gasteiger partial charge is 0.158 e. The second-order valence-electron chi connectivity index (χ2n) is 6.94. The van der Waals surface area contributed by atoms with Gasteiger partial charge in [-0.25, -0.2) is 22.5 Å². The topological polar surface area (TPSA) is 17.3 Å². The highest BCUT2D eigenvalue weighted by Crippen LogP contribution is 2.41. The Balaban J connectivity index is 2.05. The van der Waals surface area contributed by atoms with Gasteiger partial charge in [0.2, 0.25) is 0 Å². The van der Waals surface area contributed by atoms with E-state index < -0.39 is 34.0 Å². The summed E-state index contributed by atoms with van der Waals surface area (Å²) < 4.78 is 63.4. The number of hydrogen-bond donors (Lipinski definition) is 0. The summed E-state index contributed by atoms with van der Waals surface area (Å²) in [5.41, 5.74) is 0.238. The third kappa shape index (κ3) is 1.88. The molecular formula is C23H10F4N2. The molecule has 0 N–H and O–H groups in total. The lowest BCUT2D eigenvalue weighted by atomic mass is 9.96. The van der Waals surface area contributed by atoms with E-state index in [1.807, 2.05) is 0 Å². The minimum Gasteiger partial charge on any atom is -0.296 e. The second kappa shape index (κ2) is 5.44. The van der Waals surface area contributed by atoms with E-state index in [0.29, 0.717) is 16.4 Å². The van der Waals surface area contributed by atoms with Crippen LogP contribution in [0.4, 0.5) is 17.6 Å². The number of rotatable bonds is 0. The SMILES string of the molecule is Fc1c2ccccc2c(F)c2c(F)c3c(c(F)c12)c1ccccc1c1nccn13. The largest absolute Gasteiger partial charge is 0.296 e. The minimum atomic E-state index is -1.02. The Morgan fingerprint density at radius 3 is 1.79 bits per heavy atom. The van der Waals surface area contributed by atoms with Crippen LogP contribution >= 0.6 is 0 Å². The molecule has 6 rings (SSSR count). The van der Waals surface area contributed by atoms with Crippen molar-refractivity contribution in [1.29, 1.82) is 0 Å². The predicted octanol–water partition coefficient (Wildman–Crippen LogP) is 6.50. The lowest BCUT2D eigenvalue weighted by Crippen LogP contribution is -2.02. The maximum Gasteiger partial charge on any atom is 0.158 e. The van der Waals surface area contributed by atoms with Crippen molar-refractivity contribution in [2.75, 3.05) is 0 Å². The van der Waals surface area contributed by atoms with Crippen LogP contribution in [0.1, 0.15) is 0 Å². The average Bonchev–Trinajstić information content (AvgIpc) is 3.24. The molecule has 6 aromatic rings. The molecule has 0 unspecified atom stereocenters. The Hall–Kier alpha value is -3.67. The van der Waals surface area contributed by atoms with E-state index in [1.165, 1.54) is 41.1 Å². The summed E-state index contributed by atoms with van der Waals surface area (Å²) in [5, 5.41) is -0.713. The summed E-state index contributed by atoms with van der Waals surface area (Å²) in [7, 11) is 0. The first-order valence-corrected chi connectivity index (χ1v) is 8.93. The number of hydrogen-bond acceptors (Lipinski definition) is 1. The van der Waals surface area contributed by atoms with Gasteiger partial charge in [0.1, 0.15) is 23.1 Å². The molecule has 2 nitrogen and oxygen atoms in total. The third-order valence-electron chi connectivity index (χ3n) is 5.51. The minimum absolute atomic E-state index is 0.0943. The summed E-state index contributed by atoms with van der Waals surface area (Å²) in [6, 6.07) is 12.5. The van der Waals surface area contributed by atoms with Crippen LogP contribution in [0.5, 0.6) is 0 Å². The standard InChI is InChI=1S/C23H10F4N2/c24-18-12-6-2-3-7-13(12)19(25)17-16(18)20(26)15-11-5-1-4-8-14(11)23-28-9-10-29(23)22(15)21(17)27/h1-10H. The normalized spacial score (nSPS) is 12.1. The molecule has 6 heteroatoms. The molecule has 0 radical (unpaired) electrons. The molecule has 0 aliphatic heterocycles. The zero-order chi connectivity index (χ0) is 19.9. The number of aromatic nitrogens is 2. The molecule has 0 spiro atoms. The molecule has 2 aromatic heterocycles. The number of fused-ring (bicyclic) bond motifs is 8. The Bertz CT molecular complexity index is 1650. The Labute approximate surface area is 160 Å². The van der Waals surface area contributed by atoms with Gasteiger partial charge in [-0.15, -0.1) is 0 Å². The zero-order valence-corrected chi connectivity index (χ0v) is 14.7. The van der Waals surface area contributed by atoms with Gasteiger partial charge in [0.15, 0.2) is 5.82 Å². The molecule has 4 aromatic carbocycles. The molecule has 0 fully saturated rings. The van der Waals surface area contributed by atoms with E-state index in [1.54, 1.807) is 24.3 Å². The van der Waals surface area contributed by atoms with Gasteiger partial charge in [-0.2, -0.15) is 0 Å². The van der Waals surface area contributed by atoms with Crippen molar-refractivity contribution < 1.29 is 17.6 Å². The van der Waals surface area contributed by atoms with Crippen molar-refractivity contribution >= 4 is 48.9 Å². The third-order valence-corrected chi connectivity index (χ3v) is 5.51. The maximum absolute atomic E-state index is 15.8. The summed E-state index contributed by atoms with van der Waals surface area (Å²) in [4.78, 5) is 4.24. The first-order valence-electron chi connectivity index (χ1n) is 8.93. The number of nitrogens with zero attached hydrogens (tertiary/aromatic N) is 2. The predicted molar refractivity (Wildman–Crippen MR) is 105 cm³/mol. The van der Waals surface area contributed by atoms with Crippen LogP contribution in [-0.2, 0) is 0 Å². The zero-order valence-electron chi connectivity index (χ0n) is 14.7. The molecule has 0 bridgehead atoms. The van der Waals surface area contributed by atoms with Crippen molar-refractivity contribution in [2.45, 2.75) is 0 Å². The summed E-state index contributed by atoms with van der Waals surface area (Å²) in [6.45, 7) is 0. The number of halogens is 4. The molecule has 29 heavy (non-hydrogen) atoms. The van der Waals surface area contributed by atoms with Gasteiger partial charge in [-0.1, -0.05) is 48.5 Å². The number of imidazole rings is 1. The summed E-state index contributed by atoms with van der Waals surface area (Å²) in [6.07, 6.45) is 2.94. The Kier molecular flexibility index (Phi) is 3.06. The van der Waals surface area contributed by atoms with E-state index in [0.717, 1.165) is 0 Å². The summed E-state index contributed by atoms with van der Waals surface area (Å²) in [5.74, 6) is -3.99. The lowest BCUT2D eigenvalue weighted by molar-refractivity contribution is 0.595. The monoisotopic (exact) mass is 390 g/mol. The van der Waals surface area contributed by atoms with Gasteiger partial charge in [0.05, 0.1) is 16.3 Å². The highest BCUT2D eigenvalue weighted by atomic mass is 19.1. The van der Waals surface area contributed by atoms with Crippen molar-refractivity contribution in [3.8, 4) is 0 Å². The molecule has 0 atom stereocenters. The van der Waals surface area contributed by atoms with Gasteiger partial charge in [-0.05, 0) is 5.39 Å². The van der Waals surface area contributed by atoms with E-state index in [-0.39, 0.29) is 21.7 Å². The second-order valence-corrected chi connectivity index (χ2v) is 6.94. The molecular weight excluding hydrogens is 380 g/mol. The van der Waals surface area contributed by atoms with Crippen molar-refractivity contribution in [2.24, 2.45) is 0 Å². The molecule has 0 aliphatic rings. The van der Waals surface area contributed by atoms with E-state index in [4.69, 9.17) is 0 Å². The van der Waals surface area contributed by atoms with Gasteiger partial charge in [0.25, 0.3) is 0 Å². The number of pyridine rings is 1. The van der Waals surface area contributed by atoms with Crippen LogP contribution in [0.15, 0.2) is 60.9 Å². The van der Waals surface area contributed by atoms with Crippen LogP contribution in [-0.4, -0.2) is 9.38 Å². The maximum atomic E-state index is 15.8. The molecule has 0 aliphatic carbocycles. The molecule has 0 amide bonds. The van der Waals surface area contributed by atoms with Crippen LogP contribution in [0, 0.1) is 23.3 Å². The van der Waals surface area contributed by atoms with E-state index in [9.17, 15) is 0 Å². The van der Waals surface area contributed by atoms with Crippen LogP contribution in [0.25, 0.3) is 48.9 Å².